The summed E-state index contributed by atoms with van der Waals surface area (Å²) >= 11 is 0. The van der Waals surface area contributed by atoms with Crippen molar-refractivity contribution in [1.82, 2.24) is 14.8 Å². The lowest BCUT2D eigenvalue weighted by Crippen LogP contribution is -2.32. The van der Waals surface area contributed by atoms with Crippen LogP contribution in [0.1, 0.15) is 0 Å². The van der Waals surface area contributed by atoms with Crippen molar-refractivity contribution in [3.8, 4) is 11.7 Å². The molecule has 0 spiro atoms. The molecule has 1 heterocycles. The van der Waals surface area contributed by atoms with Gasteiger partial charge in [-0.15, -0.1) is 5.10 Å². The van der Waals surface area contributed by atoms with Gasteiger partial charge >= 0.3 is 12.0 Å². The maximum atomic E-state index is 10.9. The lowest BCUT2D eigenvalue weighted by molar-refractivity contribution is -0.147. The van der Waals surface area contributed by atoms with Crippen LogP contribution in [0.15, 0.2) is 36.7 Å². The zero-order chi connectivity index (χ0) is 13.7. The molecule has 7 heteroatoms. The predicted molar refractivity (Wildman–Crippen MR) is 65.3 cm³/mol. The van der Waals surface area contributed by atoms with E-state index in [1.807, 2.05) is 30.3 Å². The molecule has 0 aliphatic heterocycles. The first-order chi connectivity index (χ1) is 9.20. The topological polar surface area (TPSA) is 86.5 Å². The molecule has 0 fully saturated rings. The van der Waals surface area contributed by atoms with E-state index in [4.69, 9.17) is 14.6 Å². The van der Waals surface area contributed by atoms with E-state index in [9.17, 15) is 4.79 Å². The number of hydrogen-bond acceptors (Lipinski definition) is 5. The summed E-state index contributed by atoms with van der Waals surface area (Å²) in [6.07, 6.45) is 0.327. The van der Waals surface area contributed by atoms with Gasteiger partial charge in [0.15, 0.2) is 0 Å². The van der Waals surface area contributed by atoms with Gasteiger partial charge in [0, 0.05) is 7.11 Å². The number of nitrogens with zero attached hydrogens (tertiary/aromatic N) is 3. The number of hydrogen-bond donors (Lipinski definition) is 1. The second kappa shape index (κ2) is 5.96. The van der Waals surface area contributed by atoms with Crippen molar-refractivity contribution in [3.63, 3.8) is 0 Å². The van der Waals surface area contributed by atoms with Gasteiger partial charge in [-0.1, -0.05) is 18.2 Å². The molecule has 0 aliphatic carbocycles. The molecule has 0 aliphatic rings. The van der Waals surface area contributed by atoms with Gasteiger partial charge in [0.2, 0.25) is 6.10 Å². The summed E-state index contributed by atoms with van der Waals surface area (Å²) in [5, 5.41) is 13.0. The number of para-hydroxylation sites is 1. The highest BCUT2D eigenvalue weighted by Gasteiger charge is 2.21. The van der Waals surface area contributed by atoms with Gasteiger partial charge in [-0.05, 0) is 12.1 Å². The number of aliphatic carboxylic acids is 1. The molecule has 0 bridgehead atoms. The van der Waals surface area contributed by atoms with Crippen LogP contribution in [0.4, 0.5) is 0 Å². The van der Waals surface area contributed by atoms with E-state index in [0.29, 0.717) is 0 Å². The number of carbonyl (C=O) groups is 1. The average molecular weight is 263 g/mol. The van der Waals surface area contributed by atoms with Crippen LogP contribution in [0.2, 0.25) is 0 Å². The van der Waals surface area contributed by atoms with Gasteiger partial charge in [0.1, 0.15) is 6.33 Å². The second-order valence-corrected chi connectivity index (χ2v) is 3.71. The summed E-state index contributed by atoms with van der Waals surface area (Å²) in [4.78, 5) is 14.8. The third-order valence-electron chi connectivity index (χ3n) is 2.33. The third kappa shape index (κ3) is 3.29. The standard InChI is InChI=1S/C12H13N3O4/c1-18-7-10(11(16)17)19-12-13-8-15(14-12)9-5-3-2-4-6-9/h2-6,8,10H,7H2,1H3,(H,16,17). The first kappa shape index (κ1) is 13.0. The molecule has 1 aromatic carbocycles. The Morgan fingerprint density at radius 3 is 2.79 bits per heavy atom. The van der Waals surface area contributed by atoms with Crippen molar-refractivity contribution < 1.29 is 19.4 Å². The van der Waals surface area contributed by atoms with Gasteiger partial charge in [-0.2, -0.15) is 4.98 Å². The van der Waals surface area contributed by atoms with Gasteiger partial charge in [-0.25, -0.2) is 9.48 Å². The minimum Gasteiger partial charge on any atom is -0.478 e. The number of carboxylic acid groups (broad SMARTS) is 1. The van der Waals surface area contributed by atoms with Crippen molar-refractivity contribution in [2.24, 2.45) is 0 Å². The monoisotopic (exact) mass is 263 g/mol. The van der Waals surface area contributed by atoms with E-state index in [2.05, 4.69) is 10.1 Å². The average Bonchev–Trinajstić information content (AvgIpc) is 2.88. The largest absolute Gasteiger partial charge is 0.478 e. The summed E-state index contributed by atoms with van der Waals surface area (Å²) in [5.41, 5.74) is 0.809. The summed E-state index contributed by atoms with van der Waals surface area (Å²) < 4.78 is 11.4. The van der Waals surface area contributed by atoms with Crippen LogP contribution in [0, 0.1) is 0 Å². The molecule has 19 heavy (non-hydrogen) atoms. The fourth-order valence-electron chi connectivity index (χ4n) is 1.44. The van der Waals surface area contributed by atoms with E-state index in [1.165, 1.54) is 18.1 Å². The van der Waals surface area contributed by atoms with Gasteiger partial charge in [-0.3, -0.25) is 0 Å². The van der Waals surface area contributed by atoms with E-state index in [1.54, 1.807) is 0 Å². The van der Waals surface area contributed by atoms with Gasteiger partial charge in [0.25, 0.3) is 0 Å². The molecule has 2 aromatic rings. The number of methoxy groups -OCH3 is 1. The van der Waals surface area contributed by atoms with Crippen molar-refractivity contribution in [2.45, 2.75) is 6.10 Å². The maximum Gasteiger partial charge on any atom is 0.347 e. The molecule has 1 atom stereocenters. The summed E-state index contributed by atoms with van der Waals surface area (Å²) in [7, 11) is 1.40. The molecule has 0 saturated carbocycles. The van der Waals surface area contributed by atoms with Gasteiger partial charge in [0.05, 0.1) is 12.3 Å². The normalized spacial score (nSPS) is 12.1. The molecule has 0 amide bonds. The molecule has 100 valence electrons. The number of ether oxygens (including phenoxy) is 2. The Morgan fingerprint density at radius 1 is 1.42 bits per heavy atom. The molecule has 1 unspecified atom stereocenters. The Kier molecular flexibility index (Phi) is 4.09. The van der Waals surface area contributed by atoms with Crippen molar-refractivity contribution >= 4 is 5.97 Å². The van der Waals surface area contributed by atoms with Crippen LogP contribution < -0.4 is 4.74 Å². The zero-order valence-corrected chi connectivity index (χ0v) is 10.3. The van der Waals surface area contributed by atoms with Crippen LogP contribution >= 0.6 is 0 Å². The molecular formula is C12H13N3O4. The quantitative estimate of drug-likeness (QED) is 0.827. The Labute approximate surface area is 109 Å². The molecule has 0 saturated heterocycles. The first-order valence-corrected chi connectivity index (χ1v) is 5.56. The second-order valence-electron chi connectivity index (χ2n) is 3.71. The van der Waals surface area contributed by atoms with E-state index < -0.39 is 12.1 Å². The van der Waals surface area contributed by atoms with Crippen LogP contribution in [0.5, 0.6) is 6.01 Å². The van der Waals surface area contributed by atoms with Crippen LogP contribution in [-0.2, 0) is 9.53 Å². The highest BCUT2D eigenvalue weighted by atomic mass is 16.6. The highest BCUT2D eigenvalue weighted by molar-refractivity contribution is 5.72. The zero-order valence-electron chi connectivity index (χ0n) is 10.3. The molecular weight excluding hydrogens is 250 g/mol. The van der Waals surface area contributed by atoms with Crippen molar-refractivity contribution in [2.75, 3.05) is 13.7 Å². The minimum atomic E-state index is -1.13. The lowest BCUT2D eigenvalue weighted by Gasteiger charge is -2.10. The summed E-state index contributed by atoms with van der Waals surface area (Å²) in [6, 6.07) is 9.31. The number of benzene rings is 1. The predicted octanol–water partition coefficient (Wildman–Crippen LogP) is 0.746. The Morgan fingerprint density at radius 2 is 2.16 bits per heavy atom. The van der Waals surface area contributed by atoms with Crippen LogP contribution in [0.3, 0.4) is 0 Å². The van der Waals surface area contributed by atoms with Crippen molar-refractivity contribution in [3.05, 3.63) is 36.7 Å². The molecule has 1 N–H and O–H groups in total. The summed E-state index contributed by atoms with van der Waals surface area (Å²) in [6.45, 7) is -0.0742. The number of carboxylic acids is 1. The first-order valence-electron chi connectivity index (χ1n) is 5.56. The third-order valence-corrected chi connectivity index (χ3v) is 2.33. The lowest BCUT2D eigenvalue weighted by atomic mass is 10.3. The Hall–Kier alpha value is -2.41. The fraction of sp³-hybridized carbons (Fsp3) is 0.250. The summed E-state index contributed by atoms with van der Waals surface area (Å²) in [5.74, 6) is -1.13. The fourth-order valence-corrected chi connectivity index (χ4v) is 1.44. The molecule has 1 aromatic heterocycles. The maximum absolute atomic E-state index is 10.9. The minimum absolute atomic E-state index is 0.00620. The SMILES string of the molecule is COCC(Oc1ncn(-c2ccccc2)n1)C(=O)O. The van der Waals surface area contributed by atoms with Gasteiger partial charge < -0.3 is 14.6 Å². The highest BCUT2D eigenvalue weighted by Crippen LogP contribution is 2.09. The van der Waals surface area contributed by atoms with E-state index in [0.717, 1.165) is 5.69 Å². The Balaban J connectivity index is 2.11. The van der Waals surface area contributed by atoms with Crippen molar-refractivity contribution in [1.29, 1.82) is 0 Å². The molecule has 2 rings (SSSR count). The number of aromatic nitrogens is 3. The van der Waals surface area contributed by atoms with E-state index in [-0.39, 0.29) is 12.6 Å². The smallest absolute Gasteiger partial charge is 0.347 e. The Bertz CT molecular complexity index is 541. The molecule has 7 nitrogen and oxygen atoms in total. The van der Waals surface area contributed by atoms with Crippen LogP contribution in [0.25, 0.3) is 5.69 Å². The number of rotatable bonds is 6. The van der Waals surface area contributed by atoms with Crippen LogP contribution in [-0.4, -0.2) is 45.7 Å². The van der Waals surface area contributed by atoms with E-state index >= 15 is 0 Å². The molecule has 0 radical (unpaired) electrons.